The van der Waals surface area contributed by atoms with Crippen molar-refractivity contribution in [2.45, 2.75) is 20.4 Å². The summed E-state index contributed by atoms with van der Waals surface area (Å²) >= 11 is 5.86. The molecule has 1 aromatic carbocycles. The van der Waals surface area contributed by atoms with Crippen molar-refractivity contribution in [3.8, 4) is 0 Å². The van der Waals surface area contributed by atoms with Gasteiger partial charge in [-0.25, -0.2) is 0 Å². The zero-order valence-electron chi connectivity index (χ0n) is 12.6. The molecule has 0 fully saturated rings. The molecule has 1 aromatic heterocycles. The molecule has 2 rings (SSSR count). The third kappa shape index (κ3) is 3.49. The number of rotatable bonds is 5. The van der Waals surface area contributed by atoms with Crippen LogP contribution in [0, 0.1) is 34.1 Å². The van der Waals surface area contributed by atoms with Crippen molar-refractivity contribution in [3.63, 3.8) is 0 Å². The Hall–Kier alpha value is -3.01. The van der Waals surface area contributed by atoms with E-state index in [-0.39, 0.29) is 5.69 Å². The summed E-state index contributed by atoms with van der Waals surface area (Å²) in [4.78, 5) is 32.1. The molecule has 0 bridgehead atoms. The number of aryl methyl sites for hydroxylation is 1. The first-order chi connectivity index (χ1) is 11.2. The van der Waals surface area contributed by atoms with Gasteiger partial charge < -0.3 is 15.4 Å². The fourth-order valence-corrected chi connectivity index (χ4v) is 2.24. The smallest absolute Gasteiger partial charge is 0.358 e. The molecule has 0 aliphatic rings. The summed E-state index contributed by atoms with van der Waals surface area (Å²) in [5, 5.41) is 28.4. The molecule has 0 atom stereocenters. The average Bonchev–Trinajstić information content (AvgIpc) is 2.80. The van der Waals surface area contributed by atoms with Crippen LogP contribution < -0.4 is 5.32 Å². The van der Waals surface area contributed by atoms with E-state index in [9.17, 15) is 25.0 Å². The molecule has 11 heteroatoms. The van der Waals surface area contributed by atoms with E-state index < -0.39 is 33.8 Å². The lowest BCUT2D eigenvalue weighted by Gasteiger charge is -2.08. The number of amides is 1. The third-order valence-electron chi connectivity index (χ3n) is 3.28. The number of benzene rings is 1. The van der Waals surface area contributed by atoms with Crippen LogP contribution >= 0.6 is 11.6 Å². The Kier molecular flexibility index (Phi) is 4.79. The lowest BCUT2D eigenvalue weighted by atomic mass is 10.2. The fourth-order valence-electron chi connectivity index (χ4n) is 2.07. The number of nitro groups is 2. The van der Waals surface area contributed by atoms with Crippen LogP contribution in [0.5, 0.6) is 0 Å². The Bertz CT molecular complexity index is 848. The fraction of sp³-hybridized carbons (Fsp3) is 0.231. The van der Waals surface area contributed by atoms with Crippen LogP contribution in [0.2, 0.25) is 5.02 Å². The van der Waals surface area contributed by atoms with Crippen LogP contribution in [0.25, 0.3) is 0 Å². The molecule has 0 saturated heterocycles. The molecule has 0 radical (unpaired) electrons. The highest BCUT2D eigenvalue weighted by atomic mass is 35.5. The minimum atomic E-state index is -0.958. The second-order valence-electron chi connectivity index (χ2n) is 4.94. The van der Waals surface area contributed by atoms with Crippen molar-refractivity contribution in [1.82, 2.24) is 9.78 Å². The van der Waals surface area contributed by atoms with Gasteiger partial charge in [0.05, 0.1) is 10.0 Å². The topological polar surface area (TPSA) is 133 Å². The highest BCUT2D eigenvalue weighted by Crippen LogP contribution is 2.29. The molecule has 1 amide bonds. The number of carbonyl (C=O) groups is 1. The molecule has 2 aromatic rings. The summed E-state index contributed by atoms with van der Waals surface area (Å²) in [6.45, 7) is 2.64. The molecule has 0 aliphatic carbocycles. The standard InChI is InChI=1S/C13H12ClN5O5/c1-7-3-4-9(14)5-10(7)15-11(20)6-17-8(2)12(18(21)22)13(16-17)19(23)24/h3-5H,6H2,1-2H3,(H,15,20). The zero-order valence-corrected chi connectivity index (χ0v) is 13.4. The van der Waals surface area contributed by atoms with E-state index in [1.54, 1.807) is 25.1 Å². The first-order valence-corrected chi connectivity index (χ1v) is 7.00. The molecule has 0 spiro atoms. The molecule has 126 valence electrons. The van der Waals surface area contributed by atoms with Gasteiger partial charge in [-0.3, -0.25) is 14.9 Å². The van der Waals surface area contributed by atoms with Gasteiger partial charge in [-0.15, -0.1) is 0 Å². The predicted molar refractivity (Wildman–Crippen MR) is 85.1 cm³/mol. The molecule has 24 heavy (non-hydrogen) atoms. The van der Waals surface area contributed by atoms with Gasteiger partial charge in [0, 0.05) is 10.7 Å². The number of nitrogens with one attached hydrogen (secondary N) is 1. The van der Waals surface area contributed by atoms with E-state index in [1.807, 2.05) is 0 Å². The molecule has 0 saturated carbocycles. The molecular formula is C13H12ClN5O5. The maximum absolute atomic E-state index is 12.1. The Morgan fingerprint density at radius 2 is 1.96 bits per heavy atom. The summed E-state index contributed by atoms with van der Waals surface area (Å²) in [7, 11) is 0. The van der Waals surface area contributed by atoms with Gasteiger partial charge in [0.1, 0.15) is 12.2 Å². The maximum atomic E-state index is 12.1. The Morgan fingerprint density at radius 1 is 1.29 bits per heavy atom. The summed E-state index contributed by atoms with van der Waals surface area (Å²) in [5.41, 5.74) is 0.430. The number of carbonyl (C=O) groups excluding carboxylic acids is 1. The van der Waals surface area contributed by atoms with Crippen molar-refractivity contribution >= 4 is 34.7 Å². The van der Waals surface area contributed by atoms with Crippen LogP contribution in [-0.4, -0.2) is 25.5 Å². The van der Waals surface area contributed by atoms with Gasteiger partial charge in [-0.2, -0.15) is 4.68 Å². The van der Waals surface area contributed by atoms with Crippen molar-refractivity contribution in [1.29, 1.82) is 0 Å². The minimum Gasteiger partial charge on any atom is -0.358 e. The van der Waals surface area contributed by atoms with Gasteiger partial charge in [0.2, 0.25) is 5.91 Å². The van der Waals surface area contributed by atoms with Crippen LogP contribution in [0.15, 0.2) is 18.2 Å². The number of anilines is 1. The SMILES string of the molecule is Cc1ccc(Cl)cc1NC(=O)Cn1nc([N+](=O)[O-])c([N+](=O)[O-])c1C. The van der Waals surface area contributed by atoms with Gasteiger partial charge in [-0.05, 0) is 36.5 Å². The summed E-state index contributed by atoms with van der Waals surface area (Å²) < 4.78 is 0.922. The monoisotopic (exact) mass is 353 g/mol. The van der Waals surface area contributed by atoms with Crippen molar-refractivity contribution in [2.75, 3.05) is 5.32 Å². The summed E-state index contributed by atoms with van der Waals surface area (Å²) in [5.74, 6) is -1.44. The average molecular weight is 354 g/mol. The second-order valence-corrected chi connectivity index (χ2v) is 5.37. The van der Waals surface area contributed by atoms with Crippen LogP contribution in [0.3, 0.4) is 0 Å². The van der Waals surface area contributed by atoms with Gasteiger partial charge >= 0.3 is 11.5 Å². The number of aromatic nitrogens is 2. The number of hydrogen-bond donors (Lipinski definition) is 1. The summed E-state index contributed by atoms with van der Waals surface area (Å²) in [6.07, 6.45) is 0. The zero-order chi connectivity index (χ0) is 18.0. The lowest BCUT2D eigenvalue weighted by molar-refractivity contribution is -0.424. The van der Waals surface area contributed by atoms with Crippen molar-refractivity contribution in [2.24, 2.45) is 0 Å². The van der Waals surface area contributed by atoms with Crippen LogP contribution in [0.1, 0.15) is 11.3 Å². The minimum absolute atomic E-state index is 0.0790. The molecule has 0 unspecified atom stereocenters. The Labute approximate surface area is 140 Å². The highest BCUT2D eigenvalue weighted by Gasteiger charge is 2.35. The van der Waals surface area contributed by atoms with E-state index in [0.29, 0.717) is 10.7 Å². The maximum Gasteiger partial charge on any atom is 0.468 e. The third-order valence-corrected chi connectivity index (χ3v) is 3.51. The molecule has 0 aliphatic heterocycles. The molecular weight excluding hydrogens is 342 g/mol. The Balaban J connectivity index is 2.26. The molecule has 1 heterocycles. The van der Waals surface area contributed by atoms with Gasteiger partial charge in [0.15, 0.2) is 0 Å². The van der Waals surface area contributed by atoms with Gasteiger partial charge in [-0.1, -0.05) is 17.7 Å². The first kappa shape index (κ1) is 17.3. The second kappa shape index (κ2) is 6.62. The van der Waals surface area contributed by atoms with E-state index in [2.05, 4.69) is 10.4 Å². The van der Waals surface area contributed by atoms with E-state index in [4.69, 9.17) is 11.6 Å². The van der Waals surface area contributed by atoms with Gasteiger partial charge in [0.25, 0.3) is 0 Å². The van der Waals surface area contributed by atoms with Crippen LogP contribution in [-0.2, 0) is 11.3 Å². The van der Waals surface area contributed by atoms with E-state index in [0.717, 1.165) is 10.2 Å². The molecule has 1 N–H and O–H groups in total. The summed E-state index contributed by atoms with van der Waals surface area (Å²) in [6, 6.07) is 4.93. The lowest BCUT2D eigenvalue weighted by Crippen LogP contribution is -2.20. The van der Waals surface area contributed by atoms with Crippen molar-refractivity contribution < 1.29 is 14.6 Å². The number of nitrogens with zero attached hydrogens (tertiary/aromatic N) is 4. The normalized spacial score (nSPS) is 10.5. The molecule has 10 nitrogen and oxygen atoms in total. The quantitative estimate of drug-likeness (QED) is 0.648. The largest absolute Gasteiger partial charge is 0.468 e. The number of hydrogen-bond acceptors (Lipinski definition) is 6. The highest BCUT2D eigenvalue weighted by molar-refractivity contribution is 6.31. The number of halogens is 1. The van der Waals surface area contributed by atoms with E-state index >= 15 is 0 Å². The van der Waals surface area contributed by atoms with E-state index in [1.165, 1.54) is 6.92 Å². The Morgan fingerprint density at radius 3 is 2.50 bits per heavy atom. The van der Waals surface area contributed by atoms with Crippen LogP contribution in [0.4, 0.5) is 17.2 Å². The first-order valence-electron chi connectivity index (χ1n) is 6.63. The predicted octanol–water partition coefficient (Wildman–Crippen LogP) is 2.61. The van der Waals surface area contributed by atoms with Crippen molar-refractivity contribution in [3.05, 3.63) is 54.7 Å².